The van der Waals surface area contributed by atoms with Gasteiger partial charge in [-0.3, -0.25) is 4.79 Å². The fourth-order valence-electron chi connectivity index (χ4n) is 3.34. The molecule has 0 aliphatic carbocycles. The van der Waals surface area contributed by atoms with Crippen LogP contribution in [0.4, 0.5) is 10.4 Å². The molecule has 1 aliphatic rings. The van der Waals surface area contributed by atoms with E-state index in [2.05, 4.69) is 15.5 Å². The second-order valence-corrected chi connectivity index (χ2v) is 6.80. The Hall–Kier alpha value is -3.22. The Morgan fingerprint density at radius 1 is 1.07 bits per heavy atom. The largest absolute Gasteiger partial charge is 0.405 e. The van der Waals surface area contributed by atoms with Crippen LogP contribution in [-0.2, 0) is 11.2 Å². The molecule has 1 fully saturated rings. The van der Waals surface area contributed by atoms with Crippen LogP contribution in [0.15, 0.2) is 59.0 Å². The van der Waals surface area contributed by atoms with E-state index in [-0.39, 0.29) is 12.3 Å². The number of carbonyl (C=O) groups is 1. The summed E-state index contributed by atoms with van der Waals surface area (Å²) in [4.78, 5) is 14.6. The summed E-state index contributed by atoms with van der Waals surface area (Å²) in [6, 6.07) is 15.5. The van der Waals surface area contributed by atoms with Gasteiger partial charge in [-0.05, 0) is 30.0 Å². The molecular weight excluding hydrogens is 359 g/mol. The molecule has 1 atom stereocenters. The van der Waals surface area contributed by atoms with Crippen LogP contribution in [0.1, 0.15) is 35.9 Å². The van der Waals surface area contributed by atoms with Crippen molar-refractivity contribution < 1.29 is 13.6 Å². The Balaban J connectivity index is 1.56. The van der Waals surface area contributed by atoms with Gasteiger partial charge in [0.15, 0.2) is 0 Å². The molecular formula is C21H21FN4O2. The van der Waals surface area contributed by atoms with Crippen molar-refractivity contribution in [2.24, 2.45) is 0 Å². The van der Waals surface area contributed by atoms with Crippen molar-refractivity contribution in [3.8, 4) is 0 Å². The van der Waals surface area contributed by atoms with Crippen LogP contribution in [0.2, 0.25) is 0 Å². The van der Waals surface area contributed by atoms with Gasteiger partial charge in [-0.1, -0.05) is 53.6 Å². The molecule has 0 spiro atoms. The van der Waals surface area contributed by atoms with Crippen molar-refractivity contribution in [2.75, 3.05) is 18.0 Å². The number of halogens is 1. The predicted octanol–water partition coefficient (Wildman–Crippen LogP) is 3.26. The van der Waals surface area contributed by atoms with Gasteiger partial charge in [0.25, 0.3) is 0 Å². The lowest BCUT2D eigenvalue weighted by molar-refractivity contribution is -0.121. The highest BCUT2D eigenvalue weighted by Crippen LogP contribution is 2.25. The van der Waals surface area contributed by atoms with E-state index >= 15 is 0 Å². The summed E-state index contributed by atoms with van der Waals surface area (Å²) in [7, 11) is 0. The average Bonchev–Trinajstić information content (AvgIpc) is 3.40. The Morgan fingerprint density at radius 3 is 2.54 bits per heavy atom. The highest BCUT2D eigenvalue weighted by Gasteiger charge is 2.25. The third-order valence-electron chi connectivity index (χ3n) is 4.80. The first kappa shape index (κ1) is 18.2. The molecule has 28 heavy (non-hydrogen) atoms. The smallest absolute Gasteiger partial charge is 0.318 e. The van der Waals surface area contributed by atoms with E-state index in [1.807, 2.05) is 35.2 Å². The maximum atomic E-state index is 13.9. The van der Waals surface area contributed by atoms with Crippen LogP contribution >= 0.6 is 0 Å². The summed E-state index contributed by atoms with van der Waals surface area (Å²) in [5.41, 5.74) is 1.16. The minimum absolute atomic E-state index is 0.0663. The maximum absolute atomic E-state index is 13.9. The number of aromatic nitrogens is 2. The molecule has 0 radical (unpaired) electrons. The standard InChI is InChI=1S/C21H21FN4O2/c22-17-11-5-4-10-16(17)14-18(27)23-19(15-8-2-1-3-9-15)20-24-25-21(28-20)26-12-6-7-13-26/h1-5,8-11,19H,6-7,12-14H2,(H,23,27)/t19-/m1/s1. The number of hydrogen-bond donors (Lipinski definition) is 1. The van der Waals surface area contributed by atoms with Crippen LogP contribution in [-0.4, -0.2) is 29.2 Å². The maximum Gasteiger partial charge on any atom is 0.318 e. The van der Waals surface area contributed by atoms with E-state index in [1.54, 1.807) is 18.2 Å². The zero-order chi connectivity index (χ0) is 19.3. The van der Waals surface area contributed by atoms with E-state index in [1.165, 1.54) is 6.07 Å². The molecule has 0 bridgehead atoms. The van der Waals surface area contributed by atoms with Crippen LogP contribution in [0.25, 0.3) is 0 Å². The fourth-order valence-corrected chi connectivity index (χ4v) is 3.34. The van der Waals surface area contributed by atoms with Crippen LogP contribution in [0.3, 0.4) is 0 Å². The van der Waals surface area contributed by atoms with E-state index in [0.29, 0.717) is 17.5 Å². The zero-order valence-electron chi connectivity index (χ0n) is 15.3. The fraction of sp³-hybridized carbons (Fsp3) is 0.286. The molecule has 1 amide bonds. The molecule has 2 aromatic carbocycles. The van der Waals surface area contributed by atoms with Crippen LogP contribution in [0, 0.1) is 5.82 Å². The molecule has 2 heterocycles. The summed E-state index contributed by atoms with van der Waals surface area (Å²) in [6.45, 7) is 1.77. The molecule has 6 nitrogen and oxygen atoms in total. The lowest BCUT2D eigenvalue weighted by Crippen LogP contribution is -2.31. The highest BCUT2D eigenvalue weighted by atomic mass is 19.1. The molecule has 3 aromatic rings. The molecule has 1 aliphatic heterocycles. The normalized spacial score (nSPS) is 14.8. The molecule has 4 rings (SSSR count). The Kier molecular flexibility index (Phi) is 5.32. The lowest BCUT2D eigenvalue weighted by atomic mass is 10.1. The summed E-state index contributed by atoms with van der Waals surface area (Å²) in [5, 5.41) is 11.2. The molecule has 0 unspecified atom stereocenters. The van der Waals surface area contributed by atoms with Gasteiger partial charge >= 0.3 is 6.01 Å². The average molecular weight is 380 g/mol. The van der Waals surface area contributed by atoms with Crippen molar-refractivity contribution in [3.05, 3.63) is 77.4 Å². The number of benzene rings is 2. The third kappa shape index (κ3) is 4.03. The first-order valence-corrected chi connectivity index (χ1v) is 9.37. The highest BCUT2D eigenvalue weighted by molar-refractivity contribution is 5.79. The quantitative estimate of drug-likeness (QED) is 0.711. The molecule has 144 valence electrons. The predicted molar refractivity (Wildman–Crippen MR) is 102 cm³/mol. The van der Waals surface area contributed by atoms with Crippen LogP contribution < -0.4 is 10.2 Å². The van der Waals surface area contributed by atoms with Gasteiger partial charge in [0, 0.05) is 13.1 Å². The Bertz CT molecular complexity index is 938. The summed E-state index contributed by atoms with van der Waals surface area (Å²) in [5.74, 6) is -0.405. The molecule has 7 heteroatoms. The van der Waals surface area contributed by atoms with E-state index in [4.69, 9.17) is 4.42 Å². The van der Waals surface area contributed by atoms with Gasteiger partial charge in [0.1, 0.15) is 11.9 Å². The third-order valence-corrected chi connectivity index (χ3v) is 4.80. The van der Waals surface area contributed by atoms with Gasteiger partial charge < -0.3 is 14.6 Å². The van der Waals surface area contributed by atoms with Gasteiger partial charge in [0.05, 0.1) is 6.42 Å². The van der Waals surface area contributed by atoms with Crippen molar-refractivity contribution >= 4 is 11.9 Å². The lowest BCUT2D eigenvalue weighted by Gasteiger charge is -2.16. The molecule has 1 N–H and O–H groups in total. The number of carbonyl (C=O) groups excluding carboxylic acids is 1. The van der Waals surface area contributed by atoms with E-state index in [9.17, 15) is 9.18 Å². The van der Waals surface area contributed by atoms with E-state index in [0.717, 1.165) is 31.5 Å². The van der Waals surface area contributed by atoms with Crippen molar-refractivity contribution in [3.63, 3.8) is 0 Å². The molecule has 1 saturated heterocycles. The number of amides is 1. The number of nitrogens with one attached hydrogen (secondary N) is 1. The number of anilines is 1. The minimum Gasteiger partial charge on any atom is -0.405 e. The SMILES string of the molecule is O=C(Cc1ccccc1F)N[C@H](c1ccccc1)c1nnc(N2CCCC2)o1. The van der Waals surface area contributed by atoms with Gasteiger partial charge in [-0.25, -0.2) is 4.39 Å². The number of hydrogen-bond acceptors (Lipinski definition) is 5. The van der Waals surface area contributed by atoms with Gasteiger partial charge in [-0.2, -0.15) is 0 Å². The van der Waals surface area contributed by atoms with Crippen molar-refractivity contribution in [2.45, 2.75) is 25.3 Å². The first-order valence-electron chi connectivity index (χ1n) is 9.37. The van der Waals surface area contributed by atoms with Gasteiger partial charge in [-0.15, -0.1) is 5.10 Å². The van der Waals surface area contributed by atoms with E-state index < -0.39 is 11.9 Å². The summed E-state index contributed by atoms with van der Waals surface area (Å²) < 4.78 is 19.8. The second kappa shape index (κ2) is 8.21. The Morgan fingerprint density at radius 2 is 1.79 bits per heavy atom. The topological polar surface area (TPSA) is 71.3 Å². The number of rotatable bonds is 6. The zero-order valence-corrected chi connectivity index (χ0v) is 15.3. The Labute approximate surface area is 162 Å². The summed E-state index contributed by atoms with van der Waals surface area (Å²) >= 11 is 0. The summed E-state index contributed by atoms with van der Waals surface area (Å²) in [6.07, 6.45) is 2.13. The van der Waals surface area contributed by atoms with Crippen molar-refractivity contribution in [1.29, 1.82) is 0 Å². The number of nitrogens with zero attached hydrogens (tertiary/aromatic N) is 3. The first-order chi connectivity index (χ1) is 13.7. The van der Waals surface area contributed by atoms with Crippen LogP contribution in [0.5, 0.6) is 0 Å². The molecule has 0 saturated carbocycles. The minimum atomic E-state index is -0.593. The second-order valence-electron chi connectivity index (χ2n) is 6.80. The van der Waals surface area contributed by atoms with Gasteiger partial charge in [0.2, 0.25) is 11.8 Å². The van der Waals surface area contributed by atoms with Crippen molar-refractivity contribution in [1.82, 2.24) is 15.5 Å². The molecule has 1 aromatic heterocycles. The monoisotopic (exact) mass is 380 g/mol.